The van der Waals surface area contributed by atoms with Crippen molar-refractivity contribution in [2.75, 3.05) is 38.1 Å². The minimum Gasteiger partial charge on any atom is -0.497 e. The lowest BCUT2D eigenvalue weighted by Crippen LogP contribution is -2.38. The van der Waals surface area contributed by atoms with E-state index in [4.69, 9.17) is 14.2 Å². The number of hydrogen-bond donors (Lipinski definition) is 1. The molecule has 0 spiro atoms. The third-order valence-electron chi connectivity index (χ3n) is 5.19. The summed E-state index contributed by atoms with van der Waals surface area (Å²) in [5, 5.41) is 2.79. The number of ether oxygens (including phenoxy) is 3. The lowest BCUT2D eigenvalue weighted by atomic mass is 10.1. The number of nitrogens with one attached hydrogen (secondary N) is 1. The Labute approximate surface area is 200 Å². The van der Waals surface area contributed by atoms with Crippen LogP contribution in [0.15, 0.2) is 70.5 Å². The van der Waals surface area contributed by atoms with Crippen LogP contribution in [0.3, 0.4) is 0 Å². The molecule has 1 aliphatic rings. The van der Waals surface area contributed by atoms with Gasteiger partial charge in [0.25, 0.3) is 5.91 Å². The number of esters is 1. The second-order valence-corrected chi connectivity index (χ2v) is 8.40. The first-order chi connectivity index (χ1) is 16.4. The number of hydrogen-bond acceptors (Lipinski definition) is 7. The minimum atomic E-state index is -0.533. The van der Waals surface area contributed by atoms with Gasteiger partial charge in [-0.15, -0.1) is 0 Å². The van der Waals surface area contributed by atoms with Crippen LogP contribution in [0.25, 0.3) is 0 Å². The number of carbonyl (C=O) groups excluding carboxylic acids is 3. The molecule has 0 atom stereocenters. The molecule has 3 aromatic rings. The molecule has 9 heteroatoms. The van der Waals surface area contributed by atoms with Crippen LogP contribution in [0.4, 0.5) is 11.4 Å². The fourth-order valence-electron chi connectivity index (χ4n) is 3.55. The molecule has 0 unspecified atom stereocenters. The summed E-state index contributed by atoms with van der Waals surface area (Å²) in [4.78, 5) is 41.6. The number of rotatable bonds is 6. The summed E-state index contributed by atoms with van der Waals surface area (Å²) in [5.74, 6) is -0.280. The Kier molecular flexibility index (Phi) is 6.74. The SMILES string of the molecule is COC(=O)c1ccc2c(c1)N(CC(=O)Nc1cc(OC)cc(OC)c1)C(=O)c1ccccc1S2. The first kappa shape index (κ1) is 23.2. The van der Waals surface area contributed by atoms with E-state index < -0.39 is 11.9 Å². The number of benzene rings is 3. The first-order valence-corrected chi connectivity index (χ1v) is 11.1. The van der Waals surface area contributed by atoms with Gasteiger partial charge in [0, 0.05) is 33.7 Å². The van der Waals surface area contributed by atoms with E-state index in [1.54, 1.807) is 48.5 Å². The van der Waals surface area contributed by atoms with Gasteiger partial charge >= 0.3 is 5.97 Å². The highest BCUT2D eigenvalue weighted by Crippen LogP contribution is 2.41. The van der Waals surface area contributed by atoms with E-state index in [0.717, 1.165) is 9.79 Å². The molecule has 0 aromatic heterocycles. The molecule has 0 fully saturated rings. The summed E-state index contributed by atoms with van der Waals surface area (Å²) in [6.45, 7) is -0.273. The third kappa shape index (κ3) is 4.69. The maximum atomic E-state index is 13.5. The number of carbonyl (C=O) groups is 3. The van der Waals surface area contributed by atoms with Crippen molar-refractivity contribution in [1.82, 2.24) is 0 Å². The topological polar surface area (TPSA) is 94.2 Å². The van der Waals surface area contributed by atoms with Gasteiger partial charge in [-0.3, -0.25) is 14.5 Å². The van der Waals surface area contributed by atoms with E-state index in [0.29, 0.717) is 28.4 Å². The van der Waals surface area contributed by atoms with Crippen LogP contribution in [0.2, 0.25) is 0 Å². The van der Waals surface area contributed by atoms with Crippen molar-refractivity contribution in [1.29, 1.82) is 0 Å². The molecule has 0 saturated heterocycles. The number of methoxy groups -OCH3 is 3. The van der Waals surface area contributed by atoms with E-state index in [9.17, 15) is 14.4 Å². The fourth-order valence-corrected chi connectivity index (χ4v) is 4.60. The Morgan fingerprint density at radius 2 is 1.62 bits per heavy atom. The molecule has 174 valence electrons. The van der Waals surface area contributed by atoms with Crippen LogP contribution < -0.4 is 19.7 Å². The van der Waals surface area contributed by atoms with Crippen molar-refractivity contribution in [2.45, 2.75) is 9.79 Å². The average molecular weight is 479 g/mol. The smallest absolute Gasteiger partial charge is 0.337 e. The van der Waals surface area contributed by atoms with Gasteiger partial charge in [0.2, 0.25) is 5.91 Å². The number of amides is 2. The van der Waals surface area contributed by atoms with E-state index in [-0.39, 0.29) is 18.0 Å². The molecule has 4 rings (SSSR count). The zero-order valence-corrected chi connectivity index (χ0v) is 19.6. The van der Waals surface area contributed by atoms with Crippen LogP contribution in [0.5, 0.6) is 11.5 Å². The number of nitrogens with zero attached hydrogens (tertiary/aromatic N) is 1. The van der Waals surface area contributed by atoms with Crippen LogP contribution >= 0.6 is 11.8 Å². The fraction of sp³-hybridized carbons (Fsp3) is 0.160. The molecular formula is C25H22N2O6S. The van der Waals surface area contributed by atoms with Gasteiger partial charge in [-0.1, -0.05) is 23.9 Å². The number of anilines is 2. The lowest BCUT2D eigenvalue weighted by molar-refractivity contribution is -0.114. The second kappa shape index (κ2) is 9.88. The molecule has 2 amide bonds. The first-order valence-electron chi connectivity index (χ1n) is 10.3. The van der Waals surface area contributed by atoms with Gasteiger partial charge in [-0.05, 0) is 30.3 Å². The molecule has 0 aliphatic carbocycles. The molecule has 1 heterocycles. The molecule has 0 radical (unpaired) electrons. The van der Waals surface area contributed by atoms with Crippen molar-refractivity contribution in [3.63, 3.8) is 0 Å². The molecule has 1 aliphatic heterocycles. The van der Waals surface area contributed by atoms with Gasteiger partial charge in [0.05, 0.1) is 38.1 Å². The highest BCUT2D eigenvalue weighted by atomic mass is 32.2. The zero-order chi connectivity index (χ0) is 24.2. The predicted octanol–water partition coefficient (Wildman–Crippen LogP) is 4.24. The van der Waals surface area contributed by atoms with E-state index in [2.05, 4.69) is 5.32 Å². The Morgan fingerprint density at radius 1 is 0.912 bits per heavy atom. The Morgan fingerprint density at radius 3 is 2.29 bits per heavy atom. The maximum absolute atomic E-state index is 13.5. The van der Waals surface area contributed by atoms with Gasteiger partial charge in [0.1, 0.15) is 18.0 Å². The van der Waals surface area contributed by atoms with Gasteiger partial charge < -0.3 is 19.5 Å². The molecule has 34 heavy (non-hydrogen) atoms. The van der Waals surface area contributed by atoms with Crippen LogP contribution in [-0.4, -0.2) is 45.7 Å². The van der Waals surface area contributed by atoms with Crippen molar-refractivity contribution in [3.8, 4) is 11.5 Å². The highest BCUT2D eigenvalue weighted by molar-refractivity contribution is 7.99. The Hall–Kier alpha value is -3.98. The molecule has 0 saturated carbocycles. The van der Waals surface area contributed by atoms with Crippen molar-refractivity contribution in [3.05, 3.63) is 71.8 Å². The molecule has 0 bridgehead atoms. The summed E-state index contributed by atoms with van der Waals surface area (Å²) in [6, 6.07) is 17.1. The van der Waals surface area contributed by atoms with Gasteiger partial charge in [-0.2, -0.15) is 0 Å². The highest BCUT2D eigenvalue weighted by Gasteiger charge is 2.29. The quantitative estimate of drug-likeness (QED) is 0.530. The lowest BCUT2D eigenvalue weighted by Gasteiger charge is -2.23. The minimum absolute atomic E-state index is 0.273. The predicted molar refractivity (Wildman–Crippen MR) is 128 cm³/mol. The Balaban J connectivity index is 1.70. The third-order valence-corrected chi connectivity index (χ3v) is 6.33. The van der Waals surface area contributed by atoms with Crippen molar-refractivity contribution < 1.29 is 28.6 Å². The van der Waals surface area contributed by atoms with Gasteiger partial charge in [-0.25, -0.2) is 4.79 Å². The van der Waals surface area contributed by atoms with Crippen LogP contribution in [-0.2, 0) is 9.53 Å². The second-order valence-electron chi connectivity index (χ2n) is 7.31. The van der Waals surface area contributed by atoms with Crippen molar-refractivity contribution >= 4 is 40.9 Å². The molecular weight excluding hydrogens is 456 g/mol. The molecule has 1 N–H and O–H groups in total. The van der Waals surface area contributed by atoms with Crippen LogP contribution in [0, 0.1) is 0 Å². The summed E-state index contributed by atoms with van der Waals surface area (Å²) in [7, 11) is 4.32. The zero-order valence-electron chi connectivity index (χ0n) is 18.8. The normalized spacial score (nSPS) is 12.2. The van der Waals surface area contributed by atoms with Crippen molar-refractivity contribution in [2.24, 2.45) is 0 Å². The standard InChI is InChI=1S/C25H22N2O6S/c1-31-17-11-16(12-18(13-17)32-2)26-23(28)14-27-20-10-15(25(30)33-3)8-9-22(20)34-21-7-5-4-6-19(21)24(27)29/h4-13H,14H2,1-3H3,(H,26,28). The van der Waals surface area contributed by atoms with E-state index in [1.807, 2.05) is 12.1 Å². The summed E-state index contributed by atoms with van der Waals surface area (Å²) in [5.41, 5.74) is 1.66. The number of fused-ring (bicyclic) bond motifs is 2. The van der Waals surface area contributed by atoms with E-state index in [1.165, 1.54) is 38.0 Å². The molecule has 8 nitrogen and oxygen atoms in total. The van der Waals surface area contributed by atoms with Gasteiger partial charge in [0.15, 0.2) is 0 Å². The summed E-state index contributed by atoms with van der Waals surface area (Å²) >= 11 is 1.40. The van der Waals surface area contributed by atoms with E-state index >= 15 is 0 Å². The molecule has 3 aromatic carbocycles. The maximum Gasteiger partial charge on any atom is 0.337 e. The van der Waals surface area contributed by atoms with Crippen LogP contribution in [0.1, 0.15) is 20.7 Å². The Bertz CT molecular complexity index is 1250. The largest absolute Gasteiger partial charge is 0.497 e. The summed E-state index contributed by atoms with van der Waals surface area (Å²) in [6.07, 6.45) is 0. The average Bonchev–Trinajstić information content (AvgIpc) is 2.97. The summed E-state index contributed by atoms with van der Waals surface area (Å²) < 4.78 is 15.3. The monoisotopic (exact) mass is 478 g/mol.